The zero-order valence-corrected chi connectivity index (χ0v) is 32.5. The van der Waals surface area contributed by atoms with Gasteiger partial charge in [-0.1, -0.05) is 41.8 Å². The molecule has 1 aliphatic rings. The van der Waals surface area contributed by atoms with Gasteiger partial charge >= 0.3 is 5.97 Å². The quantitative estimate of drug-likeness (QED) is 0.114. The zero-order valence-electron chi connectivity index (χ0n) is 30.9. The molecular formula is C40H44ClN7O5S. The first-order chi connectivity index (χ1) is 26.2. The van der Waals surface area contributed by atoms with Crippen molar-refractivity contribution in [3.63, 3.8) is 0 Å². The first-order valence-electron chi connectivity index (χ1n) is 17.8. The number of carboxylic acids is 1. The Balaban J connectivity index is 1.25. The number of nitrogens with zero attached hydrogens (tertiary/aromatic N) is 6. The van der Waals surface area contributed by atoms with Crippen LogP contribution < -0.4 is 14.8 Å². The Morgan fingerprint density at radius 3 is 2.65 bits per heavy atom. The Labute approximate surface area is 324 Å². The van der Waals surface area contributed by atoms with Crippen molar-refractivity contribution in [3.05, 3.63) is 87.5 Å². The van der Waals surface area contributed by atoms with Gasteiger partial charge in [-0.25, -0.2) is 24.7 Å². The average molecular weight is 770 g/mol. The molecule has 1 fully saturated rings. The molecule has 5 aromatic rings. The van der Waals surface area contributed by atoms with E-state index in [9.17, 15) is 9.90 Å². The third kappa shape index (κ3) is 9.44. The van der Waals surface area contributed by atoms with Crippen molar-refractivity contribution in [3.8, 4) is 34.5 Å². The van der Waals surface area contributed by atoms with Gasteiger partial charge in [-0.15, -0.1) is 17.3 Å². The van der Waals surface area contributed by atoms with Crippen LogP contribution in [-0.4, -0.2) is 107 Å². The summed E-state index contributed by atoms with van der Waals surface area (Å²) in [5, 5.41) is 14.9. The van der Waals surface area contributed by atoms with Gasteiger partial charge in [0.25, 0.3) is 0 Å². The topological polar surface area (TPSA) is 135 Å². The molecule has 4 heterocycles. The van der Waals surface area contributed by atoms with E-state index in [1.165, 1.54) is 17.7 Å². The van der Waals surface area contributed by atoms with E-state index < -0.39 is 12.0 Å². The summed E-state index contributed by atoms with van der Waals surface area (Å²) in [6.07, 6.45) is 3.83. The summed E-state index contributed by atoms with van der Waals surface area (Å²) in [5.74, 6) is 7.43. The number of nitrogens with one attached hydrogen (secondary N) is 1. The molecule has 0 aliphatic carbocycles. The second-order valence-electron chi connectivity index (χ2n) is 13.0. The van der Waals surface area contributed by atoms with E-state index in [-0.39, 0.29) is 13.0 Å². The van der Waals surface area contributed by atoms with Crippen LogP contribution in [0.3, 0.4) is 0 Å². The summed E-state index contributed by atoms with van der Waals surface area (Å²) in [4.78, 5) is 37.0. The fraction of sp³-hybridized carbons (Fsp3) is 0.375. The van der Waals surface area contributed by atoms with Crippen molar-refractivity contribution in [2.45, 2.75) is 39.3 Å². The summed E-state index contributed by atoms with van der Waals surface area (Å²) in [6, 6.07) is 12.0. The molecule has 0 bridgehead atoms. The van der Waals surface area contributed by atoms with E-state index in [0.717, 1.165) is 54.3 Å². The van der Waals surface area contributed by atoms with Gasteiger partial charge < -0.3 is 29.5 Å². The molecule has 54 heavy (non-hydrogen) atoms. The zero-order chi connectivity index (χ0) is 38.0. The van der Waals surface area contributed by atoms with Crippen LogP contribution in [0.2, 0.25) is 5.02 Å². The molecule has 0 saturated carbocycles. The maximum atomic E-state index is 12.8. The highest BCUT2D eigenvalue weighted by Crippen LogP contribution is 2.44. The first kappa shape index (κ1) is 38.9. The van der Waals surface area contributed by atoms with Gasteiger partial charge in [0.05, 0.1) is 27.6 Å². The van der Waals surface area contributed by atoms with Gasteiger partial charge in [0.1, 0.15) is 53.6 Å². The number of aliphatic carboxylic acids is 1. The number of hydrogen-bond acceptors (Lipinski definition) is 12. The number of anilines is 1. The molecule has 2 N–H and O–H groups in total. The lowest BCUT2D eigenvalue weighted by molar-refractivity contribution is -0.137. The lowest BCUT2D eigenvalue weighted by Crippen LogP contribution is -2.45. The molecule has 1 saturated heterocycles. The minimum absolute atomic E-state index is 0.117. The number of ether oxygens (including phenoxy) is 3. The van der Waals surface area contributed by atoms with Crippen LogP contribution in [0.4, 0.5) is 5.82 Å². The Bertz CT molecular complexity index is 2140. The SMILES string of the molecule is CC#Cc1sc2ncnc(NC(Cc3ccccc3OCc3ccnc(CCOC)n3)C(=O)O)c2c1-c1ccc(OCCN2CCN(C)CC2)c(Cl)c1C. The molecule has 3 aromatic heterocycles. The van der Waals surface area contributed by atoms with E-state index in [1.807, 2.05) is 43.3 Å². The van der Waals surface area contributed by atoms with Gasteiger partial charge in [-0.2, -0.15) is 0 Å². The van der Waals surface area contributed by atoms with E-state index >= 15 is 0 Å². The number of thiophene rings is 1. The Morgan fingerprint density at radius 1 is 1.06 bits per heavy atom. The summed E-state index contributed by atoms with van der Waals surface area (Å²) in [5.41, 5.74) is 3.87. The molecule has 2 aromatic carbocycles. The van der Waals surface area contributed by atoms with Gasteiger partial charge in [-0.3, -0.25) is 4.90 Å². The lowest BCUT2D eigenvalue weighted by Gasteiger charge is -2.32. The van der Waals surface area contributed by atoms with Crippen LogP contribution in [0.25, 0.3) is 21.3 Å². The Hall–Kier alpha value is -4.84. The van der Waals surface area contributed by atoms with Gasteiger partial charge in [0.2, 0.25) is 0 Å². The smallest absolute Gasteiger partial charge is 0.326 e. The summed E-state index contributed by atoms with van der Waals surface area (Å²) in [7, 11) is 3.78. The van der Waals surface area contributed by atoms with Gasteiger partial charge in [0, 0.05) is 64.4 Å². The number of likely N-dealkylation sites (N-methyl/N-ethyl adjacent to an activating group) is 1. The van der Waals surface area contributed by atoms with Gasteiger partial charge in [0.15, 0.2) is 0 Å². The number of carbonyl (C=O) groups is 1. The van der Waals surface area contributed by atoms with Crippen LogP contribution in [0, 0.1) is 18.8 Å². The molecule has 282 valence electrons. The predicted molar refractivity (Wildman–Crippen MR) is 212 cm³/mol. The molecule has 1 aliphatic heterocycles. The lowest BCUT2D eigenvalue weighted by atomic mass is 9.97. The van der Waals surface area contributed by atoms with E-state index in [4.69, 9.17) is 25.8 Å². The highest BCUT2D eigenvalue weighted by molar-refractivity contribution is 7.19. The monoisotopic (exact) mass is 769 g/mol. The molecule has 6 rings (SSSR count). The highest BCUT2D eigenvalue weighted by atomic mass is 35.5. The van der Waals surface area contributed by atoms with Crippen LogP contribution in [0.5, 0.6) is 11.5 Å². The highest BCUT2D eigenvalue weighted by Gasteiger charge is 2.26. The number of piperazine rings is 1. The third-order valence-corrected chi connectivity index (χ3v) is 10.8. The number of aromatic nitrogens is 4. The molecular weight excluding hydrogens is 726 g/mol. The average Bonchev–Trinajstić information content (AvgIpc) is 3.54. The van der Waals surface area contributed by atoms with Crippen LogP contribution in [0.15, 0.2) is 55.0 Å². The van der Waals surface area contributed by atoms with Crippen LogP contribution in [-0.2, 0) is 29.0 Å². The van der Waals surface area contributed by atoms with Crippen molar-refractivity contribution >= 4 is 44.9 Å². The van der Waals surface area contributed by atoms with Crippen LogP contribution in [0.1, 0.15) is 34.4 Å². The molecule has 0 amide bonds. The van der Waals surface area contributed by atoms with E-state index in [2.05, 4.69) is 53.9 Å². The predicted octanol–water partition coefficient (Wildman–Crippen LogP) is 5.98. The fourth-order valence-electron chi connectivity index (χ4n) is 6.29. The maximum absolute atomic E-state index is 12.8. The number of benzene rings is 2. The van der Waals surface area contributed by atoms with Crippen molar-refractivity contribution in [1.29, 1.82) is 0 Å². The molecule has 0 spiro atoms. The third-order valence-electron chi connectivity index (χ3n) is 9.28. The van der Waals surface area contributed by atoms with Gasteiger partial charge in [-0.05, 0) is 55.8 Å². The van der Waals surface area contributed by atoms with Crippen LogP contribution >= 0.6 is 22.9 Å². The number of rotatable bonds is 16. The number of carboxylic acid groups (broad SMARTS) is 1. The van der Waals surface area contributed by atoms with E-state index in [0.29, 0.717) is 69.3 Å². The van der Waals surface area contributed by atoms with E-state index in [1.54, 1.807) is 26.3 Å². The summed E-state index contributed by atoms with van der Waals surface area (Å²) >= 11 is 8.40. The molecule has 1 atom stereocenters. The van der Waals surface area contributed by atoms with Crippen molar-refractivity contribution < 1.29 is 24.1 Å². The maximum Gasteiger partial charge on any atom is 0.326 e. The fourth-order valence-corrected chi connectivity index (χ4v) is 7.57. The minimum atomic E-state index is -1.05. The molecule has 1 unspecified atom stereocenters. The van der Waals surface area contributed by atoms with Crippen molar-refractivity contribution in [1.82, 2.24) is 29.7 Å². The second kappa shape index (κ2) is 18.5. The largest absolute Gasteiger partial charge is 0.491 e. The van der Waals surface area contributed by atoms with Crippen molar-refractivity contribution in [2.75, 3.05) is 65.4 Å². The Morgan fingerprint density at radius 2 is 1.87 bits per heavy atom. The Kier molecular flexibility index (Phi) is 13.3. The van der Waals surface area contributed by atoms with Crippen molar-refractivity contribution in [2.24, 2.45) is 0 Å². The number of para-hydroxylation sites is 1. The summed E-state index contributed by atoms with van der Waals surface area (Å²) in [6.45, 7) is 9.91. The molecule has 14 heteroatoms. The first-order valence-corrected chi connectivity index (χ1v) is 19.0. The molecule has 12 nitrogen and oxygen atoms in total. The number of fused-ring (bicyclic) bond motifs is 1. The normalized spacial score (nSPS) is 14.0. The number of halogens is 1. The molecule has 0 radical (unpaired) electrons. The second-order valence-corrected chi connectivity index (χ2v) is 14.3. The minimum Gasteiger partial charge on any atom is -0.491 e. The number of methoxy groups -OCH3 is 1. The summed E-state index contributed by atoms with van der Waals surface area (Å²) < 4.78 is 17.5. The standard InChI is InChI=1S/C40H44ClN7O5S/c1-5-8-33-35(29-11-12-32(37(41)26(29)2)52-22-20-48-18-16-47(3)17-19-48)36-38(43-25-44-39(36)54-33)46-30(40(49)50)23-27-9-6-7-10-31(27)53-24-28-13-15-42-34(45-28)14-21-51-4/h6-7,9-13,15,25,30H,14,16-24H2,1-4H3,(H,49,50)(H,43,44,46). The number of hydrogen-bond donors (Lipinski definition) is 2.